The Morgan fingerprint density at radius 3 is 2.37 bits per heavy atom. The van der Waals surface area contributed by atoms with E-state index in [4.69, 9.17) is 4.42 Å². The van der Waals surface area contributed by atoms with Gasteiger partial charge in [0.05, 0.1) is 5.39 Å². The number of hydrogen-bond donors (Lipinski definition) is 1. The molecule has 0 amide bonds. The van der Waals surface area contributed by atoms with E-state index in [9.17, 15) is 9.90 Å². The fraction of sp³-hybridized carbons (Fsp3) is 0.125. The van der Waals surface area contributed by atoms with Gasteiger partial charge in [-0.15, -0.1) is 0 Å². The predicted molar refractivity (Wildman–Crippen MR) is 108 cm³/mol. The van der Waals surface area contributed by atoms with Crippen molar-refractivity contribution in [3.63, 3.8) is 0 Å². The summed E-state index contributed by atoms with van der Waals surface area (Å²) in [5, 5.41) is 10.8. The monoisotopic (exact) mass is 356 g/mol. The van der Waals surface area contributed by atoms with Crippen molar-refractivity contribution in [2.75, 3.05) is 0 Å². The second-order valence-corrected chi connectivity index (χ2v) is 6.91. The third-order valence-corrected chi connectivity index (χ3v) is 4.78. The molecule has 0 aliphatic rings. The molecule has 3 aromatic carbocycles. The fourth-order valence-electron chi connectivity index (χ4n) is 3.38. The first kappa shape index (κ1) is 17.1. The lowest BCUT2D eigenvalue weighted by Crippen LogP contribution is -2.12. The van der Waals surface area contributed by atoms with Gasteiger partial charge in [-0.3, -0.25) is 4.79 Å². The van der Waals surface area contributed by atoms with Crippen LogP contribution in [0.1, 0.15) is 22.3 Å². The molecule has 0 bridgehead atoms. The van der Waals surface area contributed by atoms with E-state index in [0.717, 1.165) is 16.7 Å². The number of aryl methyl sites for hydroxylation is 2. The van der Waals surface area contributed by atoms with Crippen molar-refractivity contribution >= 4 is 11.0 Å². The molecule has 0 spiro atoms. The average molecular weight is 356 g/mol. The minimum atomic E-state index is -0.0558. The van der Waals surface area contributed by atoms with Crippen molar-refractivity contribution in [3.8, 4) is 17.1 Å². The molecule has 0 saturated carbocycles. The van der Waals surface area contributed by atoms with E-state index in [1.54, 1.807) is 6.07 Å². The minimum Gasteiger partial charge on any atom is -0.508 e. The first-order valence-corrected chi connectivity index (χ1v) is 8.93. The zero-order valence-corrected chi connectivity index (χ0v) is 15.3. The molecule has 4 aromatic rings. The summed E-state index contributed by atoms with van der Waals surface area (Å²) in [5.74, 6) is 0.737. The van der Waals surface area contributed by atoms with Crippen LogP contribution in [0, 0.1) is 13.8 Å². The maximum Gasteiger partial charge on any atom is 0.196 e. The van der Waals surface area contributed by atoms with Crippen LogP contribution < -0.4 is 5.43 Å². The van der Waals surface area contributed by atoms with Gasteiger partial charge in [0.15, 0.2) is 5.43 Å². The highest BCUT2D eigenvalue weighted by atomic mass is 16.3. The summed E-state index contributed by atoms with van der Waals surface area (Å²) in [6, 6.07) is 20.7. The van der Waals surface area contributed by atoms with Crippen LogP contribution in [0.25, 0.3) is 22.3 Å². The van der Waals surface area contributed by atoms with Crippen LogP contribution in [-0.2, 0) is 6.42 Å². The Hall–Kier alpha value is -3.33. The third-order valence-electron chi connectivity index (χ3n) is 4.78. The molecule has 3 nitrogen and oxygen atoms in total. The molecule has 0 saturated heterocycles. The molecule has 0 atom stereocenters. The Kier molecular flexibility index (Phi) is 4.28. The number of benzene rings is 3. The van der Waals surface area contributed by atoms with E-state index < -0.39 is 0 Å². The van der Waals surface area contributed by atoms with Gasteiger partial charge in [-0.05, 0) is 37.6 Å². The van der Waals surface area contributed by atoms with Crippen LogP contribution in [0.3, 0.4) is 0 Å². The van der Waals surface area contributed by atoms with Gasteiger partial charge in [0, 0.05) is 17.5 Å². The van der Waals surface area contributed by atoms with Crippen LogP contribution in [0.15, 0.2) is 75.9 Å². The molecular formula is C24H20O3. The van der Waals surface area contributed by atoms with Gasteiger partial charge >= 0.3 is 0 Å². The van der Waals surface area contributed by atoms with Crippen LogP contribution in [-0.4, -0.2) is 5.11 Å². The molecule has 0 aliphatic carbocycles. The maximum absolute atomic E-state index is 13.3. The summed E-state index contributed by atoms with van der Waals surface area (Å²) in [6.07, 6.45) is 0.309. The minimum absolute atomic E-state index is 0.0558. The predicted octanol–water partition coefficient (Wildman–Crippen LogP) is 5.37. The number of aromatic hydroxyl groups is 1. The van der Waals surface area contributed by atoms with Crippen molar-refractivity contribution < 1.29 is 9.52 Å². The molecule has 3 heteroatoms. The van der Waals surface area contributed by atoms with Crippen molar-refractivity contribution in [2.45, 2.75) is 20.3 Å². The van der Waals surface area contributed by atoms with E-state index in [1.165, 1.54) is 0 Å². The normalized spacial score (nSPS) is 11.0. The molecule has 0 radical (unpaired) electrons. The molecule has 0 aliphatic heterocycles. The number of phenols is 1. The lowest BCUT2D eigenvalue weighted by atomic mass is 9.97. The van der Waals surface area contributed by atoms with E-state index in [0.29, 0.717) is 34.3 Å². The van der Waals surface area contributed by atoms with E-state index in [-0.39, 0.29) is 11.2 Å². The molecule has 1 heterocycles. The zero-order chi connectivity index (χ0) is 19.0. The highest BCUT2D eigenvalue weighted by Gasteiger charge is 2.18. The molecule has 134 valence electrons. The summed E-state index contributed by atoms with van der Waals surface area (Å²) in [7, 11) is 0. The van der Waals surface area contributed by atoms with Crippen molar-refractivity contribution in [1.29, 1.82) is 0 Å². The Labute approximate surface area is 157 Å². The molecule has 4 rings (SSSR count). The van der Waals surface area contributed by atoms with E-state index >= 15 is 0 Å². The fourth-order valence-corrected chi connectivity index (χ4v) is 3.38. The first-order chi connectivity index (χ1) is 13.0. The number of fused-ring (bicyclic) bond motifs is 1. The largest absolute Gasteiger partial charge is 0.508 e. The van der Waals surface area contributed by atoms with Gasteiger partial charge in [-0.1, -0.05) is 59.7 Å². The Morgan fingerprint density at radius 1 is 0.889 bits per heavy atom. The Bertz CT molecular complexity index is 1190. The number of rotatable bonds is 3. The van der Waals surface area contributed by atoms with Crippen molar-refractivity contribution in [2.24, 2.45) is 0 Å². The molecule has 0 fully saturated rings. The highest BCUT2D eigenvalue weighted by molar-refractivity contribution is 5.81. The van der Waals surface area contributed by atoms with Gasteiger partial charge in [-0.25, -0.2) is 0 Å². The lowest BCUT2D eigenvalue weighted by molar-refractivity contribution is 0.469. The first-order valence-electron chi connectivity index (χ1n) is 8.93. The summed E-state index contributed by atoms with van der Waals surface area (Å²) in [4.78, 5) is 13.3. The summed E-state index contributed by atoms with van der Waals surface area (Å²) in [5.41, 5.74) is 4.67. The Morgan fingerprint density at radius 2 is 1.59 bits per heavy atom. The van der Waals surface area contributed by atoms with Crippen molar-refractivity contribution in [3.05, 3.63) is 99.2 Å². The quantitative estimate of drug-likeness (QED) is 0.537. The number of hydrogen-bond acceptors (Lipinski definition) is 3. The van der Waals surface area contributed by atoms with Crippen LogP contribution >= 0.6 is 0 Å². The highest BCUT2D eigenvalue weighted by Crippen LogP contribution is 2.30. The Balaban J connectivity index is 2.00. The summed E-state index contributed by atoms with van der Waals surface area (Å²) in [6.45, 7) is 3.92. The van der Waals surface area contributed by atoms with Gasteiger partial charge in [0.1, 0.15) is 17.1 Å². The van der Waals surface area contributed by atoms with Gasteiger partial charge in [0.2, 0.25) is 0 Å². The topological polar surface area (TPSA) is 50.4 Å². The van der Waals surface area contributed by atoms with Crippen LogP contribution in [0.5, 0.6) is 5.75 Å². The lowest BCUT2D eigenvalue weighted by Gasteiger charge is -2.12. The summed E-state index contributed by atoms with van der Waals surface area (Å²) < 4.78 is 6.18. The van der Waals surface area contributed by atoms with Crippen molar-refractivity contribution in [1.82, 2.24) is 0 Å². The second kappa shape index (κ2) is 6.76. The molecule has 0 unspecified atom stereocenters. The average Bonchev–Trinajstić information content (AvgIpc) is 2.67. The van der Waals surface area contributed by atoms with Gasteiger partial charge < -0.3 is 9.52 Å². The van der Waals surface area contributed by atoms with Gasteiger partial charge in [0.25, 0.3) is 0 Å². The van der Waals surface area contributed by atoms with Crippen LogP contribution in [0.4, 0.5) is 0 Å². The molecule has 27 heavy (non-hydrogen) atoms. The standard InChI is InChI=1S/C24H20O3/c1-15-8-10-21(25)18(12-15)14-20-23(26)19-13-16(2)9-11-22(19)27-24(20)17-6-4-3-5-7-17/h3-13,25H,14H2,1-2H3. The molecular weight excluding hydrogens is 336 g/mol. The van der Waals surface area contributed by atoms with E-state index in [2.05, 4.69) is 0 Å². The SMILES string of the molecule is Cc1ccc(O)c(Cc2c(-c3ccccc3)oc3ccc(C)cc3c2=O)c1. The van der Waals surface area contributed by atoms with Gasteiger partial charge in [-0.2, -0.15) is 0 Å². The second-order valence-electron chi connectivity index (χ2n) is 6.91. The smallest absolute Gasteiger partial charge is 0.196 e. The molecule has 1 N–H and O–H groups in total. The number of phenolic OH excluding ortho intramolecular Hbond substituents is 1. The summed E-state index contributed by atoms with van der Waals surface area (Å²) >= 11 is 0. The zero-order valence-electron chi connectivity index (χ0n) is 15.3. The van der Waals surface area contributed by atoms with Crippen LogP contribution in [0.2, 0.25) is 0 Å². The maximum atomic E-state index is 13.3. The molecule has 1 aromatic heterocycles. The third kappa shape index (κ3) is 3.24. The van der Waals surface area contributed by atoms with E-state index in [1.807, 2.05) is 74.5 Å².